The van der Waals surface area contributed by atoms with Crippen LogP contribution in [-0.4, -0.2) is 81.5 Å². The van der Waals surface area contributed by atoms with Gasteiger partial charge in [0, 0.05) is 61.9 Å². The van der Waals surface area contributed by atoms with E-state index < -0.39 is 0 Å². The molecule has 5 rings (SSSR count). The number of rotatable bonds is 13. The zero-order valence-corrected chi connectivity index (χ0v) is 30.0. The number of nitrogens with zero attached hydrogens (tertiary/aromatic N) is 3. The maximum absolute atomic E-state index is 13.7. The summed E-state index contributed by atoms with van der Waals surface area (Å²) in [4.78, 5) is 45.4. The summed E-state index contributed by atoms with van der Waals surface area (Å²) in [5, 5.41) is 3.45. The Kier molecular flexibility index (Phi) is 12.5. The minimum atomic E-state index is -0.291. The van der Waals surface area contributed by atoms with Crippen LogP contribution in [0.3, 0.4) is 0 Å². The fourth-order valence-corrected chi connectivity index (χ4v) is 6.08. The number of methoxy groups -OCH3 is 1. The molecular formula is C40H45ClN4O5. The van der Waals surface area contributed by atoms with Crippen molar-refractivity contribution in [3.63, 3.8) is 0 Å². The lowest BCUT2D eigenvalue weighted by Crippen LogP contribution is -2.47. The van der Waals surface area contributed by atoms with Gasteiger partial charge in [0.15, 0.2) is 0 Å². The highest BCUT2D eigenvalue weighted by Crippen LogP contribution is 2.34. The van der Waals surface area contributed by atoms with E-state index in [1.54, 1.807) is 49.5 Å². The second-order valence-corrected chi connectivity index (χ2v) is 13.0. The Morgan fingerprint density at radius 1 is 0.860 bits per heavy atom. The third-order valence-corrected chi connectivity index (χ3v) is 9.20. The molecule has 4 aromatic carbocycles. The fourth-order valence-electron chi connectivity index (χ4n) is 5.92. The van der Waals surface area contributed by atoms with Crippen molar-refractivity contribution < 1.29 is 23.9 Å². The Hall–Kier alpha value is -4.86. The maximum atomic E-state index is 13.7. The lowest BCUT2D eigenvalue weighted by molar-refractivity contribution is -0.132. The molecule has 50 heavy (non-hydrogen) atoms. The number of nitrogens with one attached hydrogen (secondary N) is 1. The highest BCUT2D eigenvalue weighted by Gasteiger charge is 2.22. The van der Waals surface area contributed by atoms with Crippen molar-refractivity contribution in [1.82, 2.24) is 9.80 Å². The molecule has 9 nitrogen and oxygen atoms in total. The van der Waals surface area contributed by atoms with E-state index in [0.29, 0.717) is 52.1 Å². The zero-order valence-electron chi connectivity index (χ0n) is 29.2. The number of likely N-dealkylation sites (N-methyl/N-ethyl adjacent to an activating group) is 1. The number of benzene rings is 4. The van der Waals surface area contributed by atoms with Gasteiger partial charge >= 0.3 is 0 Å². The van der Waals surface area contributed by atoms with Crippen LogP contribution in [0, 0.1) is 6.92 Å². The molecule has 10 heteroatoms. The molecule has 1 N–H and O–H groups in total. The van der Waals surface area contributed by atoms with Gasteiger partial charge in [0.1, 0.15) is 11.5 Å². The molecule has 4 aromatic rings. The number of unbranched alkanes of at least 4 members (excludes halogenated alkanes) is 2. The predicted molar refractivity (Wildman–Crippen MR) is 200 cm³/mol. The van der Waals surface area contributed by atoms with Gasteiger partial charge in [0.05, 0.1) is 25.1 Å². The Bertz CT molecular complexity index is 1800. The van der Waals surface area contributed by atoms with Crippen molar-refractivity contribution in [2.75, 3.05) is 64.2 Å². The SMILES string of the molecule is COc1cc(C(=O)N(C)c2ccc(Cl)cc2OCCCCCC(=O)N2CCN(C)CC2)ccc1NC(=O)c1ccccc1-c1ccc(C)cc1. The summed E-state index contributed by atoms with van der Waals surface area (Å²) in [7, 11) is 5.25. The van der Waals surface area contributed by atoms with Gasteiger partial charge in [-0.1, -0.05) is 59.6 Å². The second kappa shape index (κ2) is 17.2. The first kappa shape index (κ1) is 36.4. The van der Waals surface area contributed by atoms with Crippen LogP contribution in [0.1, 0.15) is 52.0 Å². The minimum absolute atomic E-state index is 0.215. The molecule has 0 aliphatic carbocycles. The summed E-state index contributed by atoms with van der Waals surface area (Å²) in [5.41, 5.74) is 4.79. The van der Waals surface area contributed by atoms with Gasteiger partial charge in [-0.2, -0.15) is 0 Å². The van der Waals surface area contributed by atoms with Crippen LogP contribution in [-0.2, 0) is 4.79 Å². The molecule has 0 aromatic heterocycles. The first-order valence-electron chi connectivity index (χ1n) is 17.0. The molecule has 0 radical (unpaired) electrons. The standard InChI is InChI=1S/C40H45ClN4O5/c1-28-13-15-29(16-14-28)32-10-7-8-11-33(32)39(47)42-34-19-17-30(26-36(34)49-4)40(48)44(3)35-20-18-31(41)27-37(35)50-25-9-5-6-12-38(46)45-23-21-43(2)22-24-45/h7-8,10-11,13-20,26-27H,5-6,9,12,21-25H2,1-4H3,(H,42,47). The lowest BCUT2D eigenvalue weighted by atomic mass is 9.98. The van der Waals surface area contributed by atoms with Crippen LogP contribution in [0.15, 0.2) is 84.9 Å². The highest BCUT2D eigenvalue weighted by atomic mass is 35.5. The van der Waals surface area contributed by atoms with Gasteiger partial charge in [0.2, 0.25) is 5.91 Å². The summed E-state index contributed by atoms with van der Waals surface area (Å²) in [5.74, 6) is 0.474. The molecule has 1 fully saturated rings. The van der Waals surface area contributed by atoms with Crippen molar-refractivity contribution in [2.24, 2.45) is 0 Å². The number of ether oxygens (including phenoxy) is 2. The topological polar surface area (TPSA) is 91.4 Å². The lowest BCUT2D eigenvalue weighted by Gasteiger charge is -2.32. The molecule has 0 unspecified atom stereocenters. The molecular weight excluding hydrogens is 652 g/mol. The first-order chi connectivity index (χ1) is 24.1. The zero-order chi connectivity index (χ0) is 35.6. The Morgan fingerprint density at radius 2 is 1.60 bits per heavy atom. The Labute approximate surface area is 299 Å². The largest absolute Gasteiger partial charge is 0.495 e. The number of carbonyl (C=O) groups excluding carboxylic acids is 3. The number of aryl methyl sites for hydroxylation is 1. The van der Waals surface area contributed by atoms with E-state index in [4.69, 9.17) is 21.1 Å². The van der Waals surface area contributed by atoms with Crippen LogP contribution in [0.4, 0.5) is 11.4 Å². The number of carbonyl (C=O) groups is 3. The van der Waals surface area contributed by atoms with Gasteiger partial charge in [0.25, 0.3) is 11.8 Å². The van der Waals surface area contributed by atoms with Gasteiger partial charge in [-0.3, -0.25) is 14.4 Å². The van der Waals surface area contributed by atoms with Crippen molar-refractivity contribution in [3.05, 3.63) is 107 Å². The van der Waals surface area contributed by atoms with Gasteiger partial charge in [-0.25, -0.2) is 0 Å². The van der Waals surface area contributed by atoms with Crippen LogP contribution in [0.25, 0.3) is 11.1 Å². The molecule has 1 aliphatic heterocycles. The van der Waals surface area contributed by atoms with Crippen LogP contribution < -0.4 is 19.7 Å². The first-order valence-corrected chi connectivity index (χ1v) is 17.3. The van der Waals surface area contributed by atoms with Crippen LogP contribution in [0.2, 0.25) is 5.02 Å². The monoisotopic (exact) mass is 696 g/mol. The summed E-state index contributed by atoms with van der Waals surface area (Å²) in [6.07, 6.45) is 2.95. The molecule has 0 bridgehead atoms. The quantitative estimate of drug-likeness (QED) is 0.145. The number of anilines is 2. The predicted octanol–water partition coefficient (Wildman–Crippen LogP) is 7.57. The van der Waals surface area contributed by atoms with Crippen molar-refractivity contribution in [3.8, 4) is 22.6 Å². The molecule has 1 heterocycles. The van der Waals surface area contributed by atoms with E-state index in [-0.39, 0.29) is 17.7 Å². The molecule has 0 saturated carbocycles. The van der Waals surface area contributed by atoms with Gasteiger partial charge in [-0.05, 0) is 80.8 Å². The van der Waals surface area contributed by atoms with Crippen molar-refractivity contribution in [2.45, 2.75) is 32.6 Å². The van der Waals surface area contributed by atoms with E-state index in [9.17, 15) is 14.4 Å². The second-order valence-electron chi connectivity index (χ2n) is 12.6. The molecule has 0 spiro atoms. The summed E-state index contributed by atoms with van der Waals surface area (Å²) >= 11 is 6.31. The number of amides is 3. The normalized spacial score (nSPS) is 13.1. The third-order valence-electron chi connectivity index (χ3n) is 8.97. The van der Waals surface area contributed by atoms with Crippen LogP contribution in [0.5, 0.6) is 11.5 Å². The molecule has 1 saturated heterocycles. The number of piperazine rings is 1. The fraction of sp³-hybridized carbons (Fsp3) is 0.325. The Balaban J connectivity index is 1.20. The molecule has 1 aliphatic rings. The van der Waals surface area contributed by atoms with Crippen molar-refractivity contribution >= 4 is 40.7 Å². The average Bonchev–Trinajstić information content (AvgIpc) is 3.13. The smallest absolute Gasteiger partial charge is 0.258 e. The van der Waals surface area contributed by atoms with Crippen molar-refractivity contribution in [1.29, 1.82) is 0 Å². The number of hydrogen-bond donors (Lipinski definition) is 1. The summed E-state index contributed by atoms with van der Waals surface area (Å²) in [6, 6.07) is 25.6. The maximum Gasteiger partial charge on any atom is 0.258 e. The van der Waals surface area contributed by atoms with E-state index in [0.717, 1.165) is 62.1 Å². The molecule has 3 amide bonds. The van der Waals surface area contributed by atoms with E-state index in [1.807, 2.05) is 54.3 Å². The van der Waals surface area contributed by atoms with Crippen LogP contribution >= 0.6 is 11.6 Å². The van der Waals surface area contributed by atoms with Gasteiger partial charge in [-0.15, -0.1) is 0 Å². The number of hydrogen-bond acceptors (Lipinski definition) is 6. The van der Waals surface area contributed by atoms with E-state index in [2.05, 4.69) is 17.3 Å². The summed E-state index contributed by atoms with van der Waals surface area (Å²) < 4.78 is 11.7. The third kappa shape index (κ3) is 9.22. The molecule has 0 atom stereocenters. The summed E-state index contributed by atoms with van der Waals surface area (Å²) in [6.45, 7) is 5.86. The highest BCUT2D eigenvalue weighted by molar-refractivity contribution is 6.30. The number of halogens is 1. The Morgan fingerprint density at radius 3 is 2.34 bits per heavy atom. The van der Waals surface area contributed by atoms with E-state index in [1.165, 1.54) is 12.0 Å². The van der Waals surface area contributed by atoms with Gasteiger partial charge < -0.3 is 29.5 Å². The van der Waals surface area contributed by atoms with E-state index >= 15 is 0 Å². The minimum Gasteiger partial charge on any atom is -0.495 e. The average molecular weight is 697 g/mol. The molecule has 262 valence electrons.